The Morgan fingerprint density at radius 1 is 0.853 bits per heavy atom. The van der Waals surface area contributed by atoms with Crippen molar-refractivity contribution >= 4 is 22.6 Å². The topological polar surface area (TPSA) is 44.5 Å². The zero-order valence-corrected chi connectivity index (χ0v) is 19.2. The molecular weight excluding hydrogens is 453 g/mol. The number of hydrogen-bond acceptors (Lipinski definition) is 4. The molecule has 0 N–H and O–H groups in total. The lowest BCUT2D eigenvalue weighted by molar-refractivity contribution is 0.268. The highest BCUT2D eigenvalue weighted by atomic mass is 35.5. The summed E-state index contributed by atoms with van der Waals surface area (Å²) in [5.41, 5.74) is 3.03. The van der Waals surface area contributed by atoms with E-state index in [1.54, 1.807) is 25.1 Å². The van der Waals surface area contributed by atoms with E-state index in [4.69, 9.17) is 25.5 Å². The van der Waals surface area contributed by atoms with Crippen molar-refractivity contribution in [2.75, 3.05) is 0 Å². The first kappa shape index (κ1) is 22.0. The molecule has 0 bridgehead atoms. The highest BCUT2D eigenvalue weighted by molar-refractivity contribution is 6.35. The van der Waals surface area contributed by atoms with Crippen molar-refractivity contribution in [2.24, 2.45) is 0 Å². The molecule has 0 atom stereocenters. The number of hydrogen-bond donors (Lipinski definition) is 0. The summed E-state index contributed by atoms with van der Waals surface area (Å²) < 4.78 is 33.0. The van der Waals surface area contributed by atoms with Crippen LogP contribution in [0.4, 0.5) is 4.39 Å². The Labute approximate surface area is 201 Å². The van der Waals surface area contributed by atoms with E-state index >= 15 is 4.39 Å². The van der Waals surface area contributed by atoms with Crippen molar-refractivity contribution in [3.63, 3.8) is 0 Å². The lowest BCUT2D eigenvalue weighted by atomic mass is 10.0. The Hall–Kier alpha value is -3.83. The second-order valence-electron chi connectivity index (χ2n) is 7.87. The van der Waals surface area contributed by atoms with Crippen LogP contribution in [0, 0.1) is 12.7 Å². The van der Waals surface area contributed by atoms with Crippen LogP contribution in [0.1, 0.15) is 16.9 Å². The minimum atomic E-state index is -0.517. The highest BCUT2D eigenvalue weighted by Gasteiger charge is 2.22. The Bertz CT molecular complexity index is 1440. The van der Waals surface area contributed by atoms with Crippen LogP contribution in [0.25, 0.3) is 22.1 Å². The zero-order valence-electron chi connectivity index (χ0n) is 18.4. The van der Waals surface area contributed by atoms with Gasteiger partial charge in [0.05, 0.1) is 16.1 Å². The molecule has 5 rings (SSSR count). The van der Waals surface area contributed by atoms with Crippen LogP contribution in [0.5, 0.6) is 11.8 Å². The third kappa shape index (κ3) is 4.61. The fraction of sp³-hybridized carbons (Fsp3) is 0.107. The predicted octanol–water partition coefficient (Wildman–Crippen LogP) is 7.75. The summed E-state index contributed by atoms with van der Waals surface area (Å²) in [5, 5.41) is 0.921. The quantitative estimate of drug-likeness (QED) is 0.242. The number of aryl methyl sites for hydroxylation is 1. The normalized spacial score (nSPS) is 11.0. The van der Waals surface area contributed by atoms with Gasteiger partial charge in [0.15, 0.2) is 0 Å². The molecule has 0 fully saturated rings. The summed E-state index contributed by atoms with van der Waals surface area (Å²) >= 11 is 6.27. The number of benzene rings is 3. The van der Waals surface area contributed by atoms with Gasteiger partial charge in [-0.05, 0) is 36.2 Å². The summed E-state index contributed by atoms with van der Waals surface area (Å²) in [6, 6.07) is 26.0. The van der Waals surface area contributed by atoms with Crippen LogP contribution in [0.3, 0.4) is 0 Å². The molecule has 4 nitrogen and oxygen atoms in total. The fourth-order valence-electron chi connectivity index (χ4n) is 3.76. The minimum absolute atomic E-state index is 0.242. The van der Waals surface area contributed by atoms with Crippen LogP contribution < -0.4 is 9.47 Å². The second kappa shape index (κ2) is 9.57. The van der Waals surface area contributed by atoms with E-state index in [2.05, 4.69) is 4.98 Å². The Balaban J connectivity index is 1.55. The Morgan fingerprint density at radius 3 is 2.18 bits per heavy atom. The van der Waals surface area contributed by atoms with Crippen LogP contribution in [-0.2, 0) is 13.2 Å². The summed E-state index contributed by atoms with van der Waals surface area (Å²) in [6.07, 6.45) is 0. The first-order valence-corrected chi connectivity index (χ1v) is 11.2. The standard InChI is InChI=1S/C28H21ClFNO3/c1-18-14-22-23(29)15-24(30)26(27(22)34-18)21-12-13-25(32-16-19-8-4-2-5-9-19)31-28(21)33-17-20-10-6-3-7-11-20/h2-15H,16-17H2,1H3. The van der Waals surface area contributed by atoms with Crippen molar-refractivity contribution in [3.8, 4) is 22.9 Å². The van der Waals surface area contributed by atoms with E-state index < -0.39 is 5.82 Å². The van der Waals surface area contributed by atoms with Gasteiger partial charge in [-0.3, -0.25) is 0 Å². The highest BCUT2D eigenvalue weighted by Crippen LogP contribution is 2.41. The van der Waals surface area contributed by atoms with E-state index in [0.717, 1.165) is 11.1 Å². The van der Waals surface area contributed by atoms with Crippen molar-refractivity contribution < 1.29 is 18.3 Å². The smallest absolute Gasteiger partial charge is 0.225 e. The fourth-order valence-corrected chi connectivity index (χ4v) is 4.00. The lowest BCUT2D eigenvalue weighted by Gasteiger charge is -2.14. The van der Waals surface area contributed by atoms with E-state index in [-0.39, 0.29) is 23.1 Å². The van der Waals surface area contributed by atoms with E-state index in [1.807, 2.05) is 60.7 Å². The average Bonchev–Trinajstić information content (AvgIpc) is 3.25. The van der Waals surface area contributed by atoms with Gasteiger partial charge in [-0.15, -0.1) is 0 Å². The van der Waals surface area contributed by atoms with Gasteiger partial charge in [-0.2, -0.15) is 4.98 Å². The van der Waals surface area contributed by atoms with Gasteiger partial charge in [0.25, 0.3) is 0 Å². The summed E-state index contributed by atoms with van der Waals surface area (Å²) in [4.78, 5) is 4.57. The Kier molecular flexibility index (Phi) is 6.19. The molecule has 0 aliphatic carbocycles. The molecule has 34 heavy (non-hydrogen) atoms. The maximum atomic E-state index is 15.2. The molecule has 0 saturated carbocycles. The van der Waals surface area contributed by atoms with Gasteiger partial charge in [0.1, 0.15) is 30.4 Å². The minimum Gasteiger partial charge on any atom is -0.473 e. The largest absolute Gasteiger partial charge is 0.473 e. The first-order chi connectivity index (χ1) is 16.6. The SMILES string of the molecule is Cc1cc2c(Cl)cc(F)c(-c3ccc(OCc4ccccc4)nc3OCc3ccccc3)c2o1. The number of fused-ring (bicyclic) bond motifs is 1. The molecule has 6 heteroatoms. The van der Waals surface area contributed by atoms with Gasteiger partial charge in [-0.25, -0.2) is 4.39 Å². The van der Waals surface area contributed by atoms with Crippen molar-refractivity contribution in [3.05, 3.63) is 113 Å². The Morgan fingerprint density at radius 2 is 1.50 bits per heavy atom. The molecule has 2 heterocycles. The molecular formula is C28H21ClFNO3. The van der Waals surface area contributed by atoms with Gasteiger partial charge in [0, 0.05) is 11.5 Å². The summed E-state index contributed by atoms with van der Waals surface area (Å²) in [6.45, 7) is 2.41. The maximum Gasteiger partial charge on any atom is 0.225 e. The maximum absolute atomic E-state index is 15.2. The van der Waals surface area contributed by atoms with Gasteiger partial charge < -0.3 is 13.9 Å². The van der Waals surface area contributed by atoms with Crippen LogP contribution in [-0.4, -0.2) is 4.98 Å². The summed E-state index contributed by atoms with van der Waals surface area (Å²) in [7, 11) is 0. The number of furan rings is 1. The summed E-state index contributed by atoms with van der Waals surface area (Å²) in [5.74, 6) is 0.727. The number of aromatic nitrogens is 1. The molecule has 0 saturated heterocycles. The molecule has 3 aromatic carbocycles. The molecule has 170 valence electrons. The van der Waals surface area contributed by atoms with Crippen molar-refractivity contribution in [2.45, 2.75) is 20.1 Å². The van der Waals surface area contributed by atoms with Crippen LogP contribution >= 0.6 is 11.6 Å². The molecule has 5 aromatic rings. The molecule has 0 aliphatic rings. The third-order valence-corrected chi connectivity index (χ3v) is 5.70. The molecule has 0 spiro atoms. The van der Waals surface area contributed by atoms with Gasteiger partial charge in [0.2, 0.25) is 11.8 Å². The van der Waals surface area contributed by atoms with Crippen molar-refractivity contribution in [1.29, 1.82) is 0 Å². The number of nitrogens with zero attached hydrogens (tertiary/aromatic N) is 1. The van der Waals surface area contributed by atoms with E-state index in [9.17, 15) is 0 Å². The third-order valence-electron chi connectivity index (χ3n) is 5.38. The van der Waals surface area contributed by atoms with Gasteiger partial charge >= 0.3 is 0 Å². The molecule has 0 aliphatic heterocycles. The zero-order chi connectivity index (χ0) is 23.5. The molecule has 0 radical (unpaired) electrons. The van der Waals surface area contributed by atoms with Crippen LogP contribution in [0.15, 0.2) is 89.3 Å². The predicted molar refractivity (Wildman–Crippen MR) is 131 cm³/mol. The first-order valence-electron chi connectivity index (χ1n) is 10.8. The van der Waals surface area contributed by atoms with Crippen LogP contribution in [0.2, 0.25) is 5.02 Å². The number of rotatable bonds is 7. The molecule has 0 unspecified atom stereocenters. The molecule has 0 amide bonds. The monoisotopic (exact) mass is 473 g/mol. The average molecular weight is 474 g/mol. The lowest BCUT2D eigenvalue weighted by Crippen LogP contribution is -2.03. The molecule has 2 aromatic heterocycles. The van der Waals surface area contributed by atoms with E-state index in [0.29, 0.717) is 34.8 Å². The van der Waals surface area contributed by atoms with E-state index in [1.165, 1.54) is 6.07 Å². The number of pyridine rings is 1. The van der Waals surface area contributed by atoms with Gasteiger partial charge in [-0.1, -0.05) is 72.3 Å². The number of ether oxygens (including phenoxy) is 2. The second-order valence-corrected chi connectivity index (χ2v) is 8.27. The number of halogens is 2. The van der Waals surface area contributed by atoms with Crippen molar-refractivity contribution in [1.82, 2.24) is 4.98 Å².